The maximum atomic E-state index is 12.7. The van der Waals surface area contributed by atoms with Crippen molar-refractivity contribution >= 4 is 5.91 Å². The van der Waals surface area contributed by atoms with E-state index in [0.29, 0.717) is 29.8 Å². The highest BCUT2D eigenvalue weighted by atomic mass is 16.5. The second-order valence-corrected chi connectivity index (χ2v) is 5.35. The van der Waals surface area contributed by atoms with Gasteiger partial charge in [-0.1, -0.05) is 18.0 Å². The molecule has 1 fully saturated rings. The van der Waals surface area contributed by atoms with Crippen LogP contribution < -0.4 is 0 Å². The van der Waals surface area contributed by atoms with Gasteiger partial charge in [0.05, 0.1) is 0 Å². The fourth-order valence-electron chi connectivity index (χ4n) is 2.67. The van der Waals surface area contributed by atoms with Crippen LogP contribution in [0.4, 0.5) is 0 Å². The summed E-state index contributed by atoms with van der Waals surface area (Å²) in [6, 6.07) is 1.47. The van der Waals surface area contributed by atoms with Gasteiger partial charge >= 0.3 is 0 Å². The Morgan fingerprint density at radius 2 is 2.14 bits per heavy atom. The Hall–Kier alpha value is -2.18. The first-order chi connectivity index (χ1) is 10.1. The third-order valence-corrected chi connectivity index (χ3v) is 3.69. The standard InChI is InChI=1S/C14H18N4O3/c1-9-8-11(17-21-9)14(19)18-7-5-3-4-6-12(18)13-16-15-10(2)20-13/h8,12H,3-7H2,1-2H3. The van der Waals surface area contributed by atoms with Crippen molar-refractivity contribution in [2.75, 3.05) is 6.54 Å². The summed E-state index contributed by atoms with van der Waals surface area (Å²) in [5, 5.41) is 11.8. The summed E-state index contributed by atoms with van der Waals surface area (Å²) in [6.45, 7) is 4.18. The summed E-state index contributed by atoms with van der Waals surface area (Å²) in [5.41, 5.74) is 0.329. The van der Waals surface area contributed by atoms with Crippen molar-refractivity contribution in [1.82, 2.24) is 20.3 Å². The minimum Gasteiger partial charge on any atom is -0.423 e. The molecule has 2 aromatic heterocycles. The number of carbonyl (C=O) groups is 1. The molecule has 2 aromatic rings. The van der Waals surface area contributed by atoms with E-state index in [-0.39, 0.29) is 11.9 Å². The third-order valence-electron chi connectivity index (χ3n) is 3.69. The molecule has 7 heteroatoms. The van der Waals surface area contributed by atoms with Gasteiger partial charge in [0.15, 0.2) is 5.69 Å². The Kier molecular flexibility index (Phi) is 3.72. The molecule has 1 aliphatic heterocycles. The molecule has 0 aliphatic carbocycles. The topological polar surface area (TPSA) is 85.3 Å². The number of aryl methyl sites for hydroxylation is 2. The number of carbonyl (C=O) groups excluding carboxylic acids is 1. The first-order valence-electron chi connectivity index (χ1n) is 7.19. The number of hydrogen-bond donors (Lipinski definition) is 0. The lowest BCUT2D eigenvalue weighted by molar-refractivity contribution is 0.0640. The Bertz CT molecular complexity index is 634. The molecule has 1 saturated heterocycles. The largest absolute Gasteiger partial charge is 0.423 e. The Morgan fingerprint density at radius 3 is 2.81 bits per heavy atom. The monoisotopic (exact) mass is 290 g/mol. The van der Waals surface area contributed by atoms with E-state index >= 15 is 0 Å². The average molecular weight is 290 g/mol. The SMILES string of the molecule is Cc1cc(C(=O)N2CCCCCC2c2nnc(C)o2)no1. The molecule has 1 amide bonds. The van der Waals surface area contributed by atoms with Crippen molar-refractivity contribution in [2.45, 2.75) is 45.6 Å². The molecular weight excluding hydrogens is 272 g/mol. The molecule has 112 valence electrons. The fraction of sp³-hybridized carbons (Fsp3) is 0.571. The highest BCUT2D eigenvalue weighted by Crippen LogP contribution is 2.30. The van der Waals surface area contributed by atoms with E-state index in [1.165, 1.54) is 0 Å². The van der Waals surface area contributed by atoms with Crippen LogP contribution in [0.1, 0.15) is 59.8 Å². The maximum absolute atomic E-state index is 12.7. The van der Waals surface area contributed by atoms with Crippen molar-refractivity contribution in [3.05, 3.63) is 29.3 Å². The van der Waals surface area contributed by atoms with Gasteiger partial charge in [0.25, 0.3) is 5.91 Å². The van der Waals surface area contributed by atoms with E-state index < -0.39 is 0 Å². The smallest absolute Gasteiger partial charge is 0.276 e. The summed E-state index contributed by atoms with van der Waals surface area (Å²) in [4.78, 5) is 14.4. The van der Waals surface area contributed by atoms with E-state index in [9.17, 15) is 4.79 Å². The molecule has 3 heterocycles. The number of amides is 1. The highest BCUT2D eigenvalue weighted by molar-refractivity contribution is 5.92. The van der Waals surface area contributed by atoms with Crippen LogP contribution in [0.5, 0.6) is 0 Å². The van der Waals surface area contributed by atoms with Gasteiger partial charge in [0.2, 0.25) is 11.8 Å². The van der Waals surface area contributed by atoms with Crippen molar-refractivity contribution in [3.63, 3.8) is 0 Å². The van der Waals surface area contributed by atoms with Crippen LogP contribution in [-0.4, -0.2) is 32.7 Å². The molecule has 3 rings (SSSR count). The summed E-state index contributed by atoms with van der Waals surface area (Å²) in [6.07, 6.45) is 3.91. The highest BCUT2D eigenvalue weighted by Gasteiger charge is 2.32. The minimum atomic E-state index is -0.182. The minimum absolute atomic E-state index is 0.144. The zero-order valence-electron chi connectivity index (χ0n) is 12.2. The predicted molar refractivity (Wildman–Crippen MR) is 72.5 cm³/mol. The Balaban J connectivity index is 1.90. The van der Waals surface area contributed by atoms with Crippen molar-refractivity contribution in [1.29, 1.82) is 0 Å². The van der Waals surface area contributed by atoms with E-state index in [2.05, 4.69) is 15.4 Å². The zero-order chi connectivity index (χ0) is 14.8. The van der Waals surface area contributed by atoms with Gasteiger partial charge in [-0.3, -0.25) is 4.79 Å². The van der Waals surface area contributed by atoms with Crippen LogP contribution >= 0.6 is 0 Å². The third kappa shape index (κ3) is 2.81. The molecule has 0 N–H and O–H groups in total. The normalized spacial score (nSPS) is 19.5. The Labute approximate surface area is 122 Å². The molecule has 1 unspecified atom stereocenters. The first-order valence-corrected chi connectivity index (χ1v) is 7.19. The quantitative estimate of drug-likeness (QED) is 0.844. The van der Waals surface area contributed by atoms with E-state index in [1.54, 1.807) is 24.8 Å². The van der Waals surface area contributed by atoms with E-state index in [0.717, 1.165) is 25.7 Å². The second-order valence-electron chi connectivity index (χ2n) is 5.35. The molecule has 0 aromatic carbocycles. The van der Waals surface area contributed by atoms with Crippen LogP contribution in [0.2, 0.25) is 0 Å². The van der Waals surface area contributed by atoms with Gasteiger partial charge in [-0.25, -0.2) is 0 Å². The van der Waals surface area contributed by atoms with Crippen LogP contribution in [0, 0.1) is 13.8 Å². The fourth-order valence-corrected chi connectivity index (χ4v) is 2.67. The van der Waals surface area contributed by atoms with Gasteiger partial charge in [0.1, 0.15) is 11.8 Å². The summed E-state index contributed by atoms with van der Waals surface area (Å²) >= 11 is 0. The van der Waals surface area contributed by atoms with Crippen molar-refractivity contribution in [3.8, 4) is 0 Å². The molecule has 0 spiro atoms. The zero-order valence-corrected chi connectivity index (χ0v) is 12.2. The first kappa shape index (κ1) is 13.8. The molecule has 7 nitrogen and oxygen atoms in total. The second kappa shape index (κ2) is 5.67. The molecular formula is C14H18N4O3. The molecule has 21 heavy (non-hydrogen) atoms. The number of hydrogen-bond acceptors (Lipinski definition) is 6. The van der Waals surface area contributed by atoms with Gasteiger partial charge in [-0.15, -0.1) is 10.2 Å². The van der Waals surface area contributed by atoms with Gasteiger partial charge in [0, 0.05) is 19.5 Å². The summed E-state index contributed by atoms with van der Waals surface area (Å²) < 4.78 is 10.5. The van der Waals surface area contributed by atoms with E-state index in [4.69, 9.17) is 8.94 Å². The van der Waals surface area contributed by atoms with Gasteiger partial charge in [-0.2, -0.15) is 0 Å². The lowest BCUT2D eigenvalue weighted by Crippen LogP contribution is -2.35. The number of nitrogens with zero attached hydrogens (tertiary/aromatic N) is 4. The average Bonchev–Trinajstić information content (AvgIpc) is 3.00. The summed E-state index contributed by atoms with van der Waals surface area (Å²) in [7, 11) is 0. The van der Waals surface area contributed by atoms with Crippen LogP contribution in [0.3, 0.4) is 0 Å². The Morgan fingerprint density at radius 1 is 1.29 bits per heavy atom. The number of rotatable bonds is 2. The van der Waals surface area contributed by atoms with Gasteiger partial charge < -0.3 is 13.8 Å². The molecule has 1 aliphatic rings. The van der Waals surface area contributed by atoms with Crippen molar-refractivity contribution in [2.24, 2.45) is 0 Å². The lowest BCUT2D eigenvalue weighted by Gasteiger charge is -2.26. The maximum Gasteiger partial charge on any atom is 0.276 e. The van der Waals surface area contributed by atoms with Crippen LogP contribution in [-0.2, 0) is 0 Å². The molecule has 0 radical (unpaired) electrons. The number of aromatic nitrogens is 3. The predicted octanol–water partition coefficient (Wildman–Crippen LogP) is 2.43. The van der Waals surface area contributed by atoms with Gasteiger partial charge in [-0.05, 0) is 19.8 Å². The van der Waals surface area contributed by atoms with E-state index in [1.807, 2.05) is 0 Å². The summed E-state index contributed by atoms with van der Waals surface area (Å²) in [5.74, 6) is 1.50. The van der Waals surface area contributed by atoms with Crippen LogP contribution in [0.25, 0.3) is 0 Å². The van der Waals surface area contributed by atoms with Crippen molar-refractivity contribution < 1.29 is 13.7 Å². The molecule has 0 bridgehead atoms. The lowest BCUT2D eigenvalue weighted by atomic mass is 10.1. The molecule has 0 saturated carbocycles. The van der Waals surface area contributed by atoms with Crippen LogP contribution in [0.15, 0.2) is 15.0 Å². The molecule has 1 atom stereocenters. The number of likely N-dealkylation sites (tertiary alicyclic amines) is 1.